The van der Waals surface area contributed by atoms with Crippen LogP contribution in [0.5, 0.6) is 0 Å². The van der Waals surface area contributed by atoms with Gasteiger partial charge in [0.05, 0.1) is 25.4 Å². The number of aliphatic hydroxyl groups excluding tert-OH is 5. The number of unbranched alkanes of at least 4 members (excludes halogenated alkanes) is 32. The molecule has 7 atom stereocenters. The van der Waals surface area contributed by atoms with Crippen LogP contribution >= 0.6 is 0 Å². The first-order valence-corrected chi connectivity index (χ1v) is 29.3. The first-order chi connectivity index (χ1) is 33.8. The van der Waals surface area contributed by atoms with E-state index in [0.29, 0.717) is 12.8 Å². The average Bonchev–Trinajstić information content (AvgIpc) is 3.35. The van der Waals surface area contributed by atoms with Crippen LogP contribution in [0.25, 0.3) is 0 Å². The number of carbonyl (C=O) groups excluding carboxylic acids is 1. The molecule has 0 radical (unpaired) electrons. The SMILES string of the molecule is CC/C=C\C/C=C\C/C=C\C/C=C\CCC(=O)NC(COC1OC(CO)C(O)C(O)C1O)C(O)CCCCCCCCCCCCCCCCCCCCCCCCCCCCCCCCCCC. The number of rotatable bonds is 50. The van der Waals surface area contributed by atoms with E-state index in [-0.39, 0.29) is 18.9 Å². The van der Waals surface area contributed by atoms with E-state index in [2.05, 4.69) is 55.6 Å². The maximum absolute atomic E-state index is 13.0. The Morgan fingerprint density at radius 1 is 0.507 bits per heavy atom. The maximum Gasteiger partial charge on any atom is 0.220 e. The van der Waals surface area contributed by atoms with Crippen LogP contribution in [0.2, 0.25) is 0 Å². The Morgan fingerprint density at radius 2 is 0.870 bits per heavy atom. The van der Waals surface area contributed by atoms with Gasteiger partial charge < -0.3 is 40.3 Å². The number of aliphatic hydroxyl groups is 5. The van der Waals surface area contributed by atoms with Crippen molar-refractivity contribution in [2.45, 2.75) is 314 Å². The molecule has 1 fully saturated rings. The Morgan fingerprint density at radius 3 is 1.25 bits per heavy atom. The van der Waals surface area contributed by atoms with Crippen LogP contribution in [0, 0.1) is 0 Å². The lowest BCUT2D eigenvalue weighted by Gasteiger charge is -2.40. The summed E-state index contributed by atoms with van der Waals surface area (Å²) in [6.07, 6.45) is 59.1. The molecule has 1 aliphatic rings. The Hall–Kier alpha value is -1.85. The maximum atomic E-state index is 13.0. The third-order valence-electron chi connectivity index (χ3n) is 14.0. The summed E-state index contributed by atoms with van der Waals surface area (Å²) in [6.45, 7) is 3.69. The zero-order valence-corrected chi connectivity index (χ0v) is 44.8. The van der Waals surface area contributed by atoms with Gasteiger partial charge in [0, 0.05) is 6.42 Å². The minimum atomic E-state index is -1.57. The molecule has 0 aromatic carbocycles. The fraction of sp³-hybridized carbons (Fsp3) is 0.850. The standard InChI is InChI=1S/C60H111NO8/c1-3-5-7-9-11-13-15-17-18-19-20-21-22-23-24-25-26-27-28-29-30-31-32-33-34-35-36-38-39-41-43-45-47-49-54(63)53(52-68-60-59(67)58(66)57(65)55(51-62)69-60)61-56(64)50-48-46-44-42-40-37-16-14-12-10-8-6-4-2/h6,8,12,14,37,40,44,46,53-55,57-60,62-63,65-67H,3-5,7,9-11,13,15-36,38-39,41-43,45,47-52H2,1-2H3,(H,61,64)/b8-6-,14-12-,40-37-,46-44-. The molecule has 69 heavy (non-hydrogen) atoms. The molecule has 7 unspecified atom stereocenters. The lowest BCUT2D eigenvalue weighted by molar-refractivity contribution is -0.302. The van der Waals surface area contributed by atoms with Crippen molar-refractivity contribution in [3.63, 3.8) is 0 Å². The van der Waals surface area contributed by atoms with Crippen molar-refractivity contribution >= 4 is 5.91 Å². The van der Waals surface area contributed by atoms with Crippen molar-refractivity contribution in [2.24, 2.45) is 0 Å². The van der Waals surface area contributed by atoms with Gasteiger partial charge in [0.1, 0.15) is 24.4 Å². The van der Waals surface area contributed by atoms with E-state index in [9.17, 15) is 30.3 Å². The van der Waals surface area contributed by atoms with Gasteiger partial charge in [-0.05, 0) is 38.5 Å². The highest BCUT2D eigenvalue weighted by Crippen LogP contribution is 2.23. The minimum Gasteiger partial charge on any atom is -0.394 e. The van der Waals surface area contributed by atoms with Gasteiger partial charge in [-0.15, -0.1) is 0 Å². The molecular weight excluding hydrogens is 863 g/mol. The molecule has 1 rings (SSSR count). The average molecular weight is 975 g/mol. The number of amides is 1. The van der Waals surface area contributed by atoms with E-state index >= 15 is 0 Å². The van der Waals surface area contributed by atoms with Crippen molar-refractivity contribution in [2.75, 3.05) is 13.2 Å². The van der Waals surface area contributed by atoms with Gasteiger partial charge >= 0.3 is 0 Å². The van der Waals surface area contributed by atoms with Crippen molar-refractivity contribution in [1.29, 1.82) is 0 Å². The van der Waals surface area contributed by atoms with E-state index in [1.165, 1.54) is 193 Å². The summed E-state index contributed by atoms with van der Waals surface area (Å²) < 4.78 is 11.3. The fourth-order valence-electron chi connectivity index (χ4n) is 9.35. The molecule has 9 nitrogen and oxygen atoms in total. The summed E-state index contributed by atoms with van der Waals surface area (Å²) in [5.41, 5.74) is 0. The number of nitrogens with one attached hydrogen (secondary N) is 1. The van der Waals surface area contributed by atoms with Crippen molar-refractivity contribution < 1.29 is 39.8 Å². The molecule has 9 heteroatoms. The second-order valence-corrected chi connectivity index (χ2v) is 20.4. The smallest absolute Gasteiger partial charge is 0.220 e. The zero-order valence-electron chi connectivity index (χ0n) is 44.8. The summed E-state index contributed by atoms with van der Waals surface area (Å²) in [5.74, 6) is -0.222. The van der Waals surface area contributed by atoms with Crippen molar-refractivity contribution in [1.82, 2.24) is 5.32 Å². The quantitative estimate of drug-likeness (QED) is 0.0261. The Balaban J connectivity index is 2.11. The minimum absolute atomic E-state index is 0.167. The van der Waals surface area contributed by atoms with Gasteiger partial charge in [-0.2, -0.15) is 0 Å². The molecule has 6 N–H and O–H groups in total. The van der Waals surface area contributed by atoms with Crippen LogP contribution in [0.1, 0.15) is 271 Å². The summed E-state index contributed by atoms with van der Waals surface area (Å²) in [4.78, 5) is 13.0. The van der Waals surface area contributed by atoms with Crippen molar-refractivity contribution in [3.05, 3.63) is 48.6 Å². The molecule has 0 bridgehead atoms. The second kappa shape index (κ2) is 49.7. The predicted octanol–water partition coefficient (Wildman–Crippen LogP) is 14.5. The highest BCUT2D eigenvalue weighted by molar-refractivity contribution is 5.76. The molecule has 1 amide bonds. The topological polar surface area (TPSA) is 149 Å². The number of allylic oxidation sites excluding steroid dienone is 8. The Bertz CT molecular complexity index is 1220. The number of hydrogen-bond donors (Lipinski definition) is 6. The first kappa shape index (κ1) is 65.2. The summed E-state index contributed by atoms with van der Waals surface area (Å²) in [6, 6.07) is -0.759. The highest BCUT2D eigenvalue weighted by Gasteiger charge is 2.44. The van der Waals surface area contributed by atoms with E-state index in [1.807, 2.05) is 12.2 Å². The molecule has 0 spiro atoms. The van der Waals surface area contributed by atoms with Crippen LogP contribution in [0.4, 0.5) is 0 Å². The largest absolute Gasteiger partial charge is 0.394 e. The Kier molecular flexibility index (Phi) is 47.0. The normalized spacial score (nSPS) is 19.8. The lowest BCUT2D eigenvalue weighted by atomic mass is 9.99. The molecule has 0 aromatic rings. The Labute approximate surface area is 424 Å². The van der Waals surface area contributed by atoms with Gasteiger partial charge in [-0.3, -0.25) is 4.79 Å². The monoisotopic (exact) mass is 974 g/mol. The third kappa shape index (κ3) is 39.4. The van der Waals surface area contributed by atoms with E-state index in [4.69, 9.17) is 9.47 Å². The molecular formula is C60H111NO8. The number of ether oxygens (including phenoxy) is 2. The summed E-state index contributed by atoms with van der Waals surface area (Å²) in [7, 11) is 0. The molecule has 404 valence electrons. The lowest BCUT2D eigenvalue weighted by Crippen LogP contribution is -2.60. The molecule has 1 aliphatic heterocycles. The van der Waals surface area contributed by atoms with Gasteiger partial charge in [0.15, 0.2) is 6.29 Å². The predicted molar refractivity (Wildman–Crippen MR) is 290 cm³/mol. The third-order valence-corrected chi connectivity index (χ3v) is 14.0. The van der Waals surface area contributed by atoms with Gasteiger partial charge in [0.25, 0.3) is 0 Å². The molecule has 0 aliphatic carbocycles. The summed E-state index contributed by atoms with van der Waals surface area (Å²) in [5, 5.41) is 54.5. The molecule has 0 aromatic heterocycles. The van der Waals surface area contributed by atoms with E-state index in [0.717, 1.165) is 44.9 Å². The van der Waals surface area contributed by atoms with E-state index < -0.39 is 49.5 Å². The van der Waals surface area contributed by atoms with Crippen LogP contribution in [0.3, 0.4) is 0 Å². The number of carbonyl (C=O) groups is 1. The highest BCUT2D eigenvalue weighted by atomic mass is 16.7. The number of hydrogen-bond acceptors (Lipinski definition) is 8. The van der Waals surface area contributed by atoms with Crippen LogP contribution in [-0.4, -0.2) is 87.5 Å². The zero-order chi connectivity index (χ0) is 50.1. The van der Waals surface area contributed by atoms with Crippen LogP contribution in [-0.2, 0) is 14.3 Å². The first-order valence-electron chi connectivity index (χ1n) is 29.3. The van der Waals surface area contributed by atoms with Gasteiger partial charge in [-0.1, -0.05) is 274 Å². The second-order valence-electron chi connectivity index (χ2n) is 20.4. The van der Waals surface area contributed by atoms with Gasteiger partial charge in [0.2, 0.25) is 5.91 Å². The van der Waals surface area contributed by atoms with E-state index in [1.54, 1.807) is 0 Å². The van der Waals surface area contributed by atoms with Crippen molar-refractivity contribution in [3.8, 4) is 0 Å². The fourth-order valence-corrected chi connectivity index (χ4v) is 9.35. The molecule has 1 saturated heterocycles. The molecule has 0 saturated carbocycles. The summed E-state index contributed by atoms with van der Waals surface area (Å²) >= 11 is 0. The van der Waals surface area contributed by atoms with Gasteiger partial charge in [-0.25, -0.2) is 0 Å². The van der Waals surface area contributed by atoms with Crippen LogP contribution < -0.4 is 5.32 Å². The van der Waals surface area contributed by atoms with Crippen LogP contribution in [0.15, 0.2) is 48.6 Å². The molecule has 1 heterocycles.